The average molecular weight is 358 g/mol. The zero-order valence-electron chi connectivity index (χ0n) is 15.7. The Morgan fingerprint density at radius 3 is 2.48 bits per heavy atom. The molecule has 0 saturated heterocycles. The molecule has 1 N–H and O–H groups in total. The van der Waals surface area contributed by atoms with E-state index in [4.69, 9.17) is 4.43 Å². The van der Waals surface area contributed by atoms with Gasteiger partial charge >= 0.3 is 5.97 Å². The summed E-state index contributed by atoms with van der Waals surface area (Å²) < 4.78 is 6.27. The van der Waals surface area contributed by atoms with E-state index in [2.05, 4.69) is 38.8 Å². The van der Waals surface area contributed by atoms with Crippen LogP contribution in [0.4, 0.5) is 0 Å². The molecule has 1 aromatic heterocycles. The van der Waals surface area contributed by atoms with Crippen LogP contribution < -0.4 is 0 Å². The molecular weight excluding hydrogens is 330 g/mol. The van der Waals surface area contributed by atoms with Crippen molar-refractivity contribution in [3.63, 3.8) is 0 Å². The molecular formula is C20H27NO3Si. The van der Waals surface area contributed by atoms with Gasteiger partial charge in [-0.25, -0.2) is 4.79 Å². The highest BCUT2D eigenvalue weighted by molar-refractivity contribution is 6.74. The number of carboxylic acids is 1. The van der Waals surface area contributed by atoms with Crippen LogP contribution in [0.3, 0.4) is 0 Å². The fourth-order valence-corrected chi connectivity index (χ4v) is 3.47. The van der Waals surface area contributed by atoms with Gasteiger partial charge in [-0.2, -0.15) is 0 Å². The largest absolute Gasteiger partial charge is 0.478 e. The molecule has 25 heavy (non-hydrogen) atoms. The van der Waals surface area contributed by atoms with E-state index >= 15 is 0 Å². The molecule has 1 aromatic carbocycles. The summed E-state index contributed by atoms with van der Waals surface area (Å²) >= 11 is 0. The molecule has 2 rings (SSSR count). The fraction of sp³-hybridized carbons (Fsp3) is 0.400. The van der Waals surface area contributed by atoms with E-state index in [-0.39, 0.29) is 10.6 Å². The molecule has 5 heteroatoms. The van der Waals surface area contributed by atoms with Gasteiger partial charge < -0.3 is 9.53 Å². The molecule has 0 radical (unpaired) electrons. The van der Waals surface area contributed by atoms with Crippen molar-refractivity contribution in [3.05, 3.63) is 53.9 Å². The first kappa shape index (κ1) is 19.3. The van der Waals surface area contributed by atoms with Gasteiger partial charge in [0.2, 0.25) is 0 Å². The minimum absolute atomic E-state index is 0.173. The molecule has 0 aliphatic heterocycles. The summed E-state index contributed by atoms with van der Waals surface area (Å²) in [5, 5.41) is 9.62. The lowest BCUT2D eigenvalue weighted by Crippen LogP contribution is -2.41. The number of nitrogens with zero attached hydrogens (tertiary/aromatic N) is 1. The maximum Gasteiger partial charge on any atom is 0.336 e. The summed E-state index contributed by atoms with van der Waals surface area (Å²) in [6.07, 6.45) is 3.88. The third-order valence-electron chi connectivity index (χ3n) is 5.00. The number of hydrogen-bond donors (Lipinski definition) is 1. The third kappa shape index (κ3) is 4.55. The zero-order valence-corrected chi connectivity index (χ0v) is 16.7. The first-order chi connectivity index (χ1) is 11.6. The number of benzene rings is 1. The molecule has 0 aliphatic rings. The second-order valence-electron chi connectivity index (χ2n) is 7.74. The molecule has 0 amide bonds. The van der Waals surface area contributed by atoms with E-state index in [1.807, 2.05) is 24.3 Å². The smallest absolute Gasteiger partial charge is 0.336 e. The molecule has 4 nitrogen and oxygen atoms in total. The summed E-state index contributed by atoms with van der Waals surface area (Å²) in [4.78, 5) is 15.6. The van der Waals surface area contributed by atoms with E-state index in [9.17, 15) is 9.90 Å². The predicted octanol–water partition coefficient (Wildman–Crippen LogP) is 5.01. The molecule has 1 heterocycles. The Hall–Kier alpha value is -1.98. The summed E-state index contributed by atoms with van der Waals surface area (Å²) in [7, 11) is -1.79. The maximum atomic E-state index is 11.5. The van der Waals surface area contributed by atoms with Crippen molar-refractivity contribution in [2.45, 2.75) is 45.3 Å². The lowest BCUT2D eigenvalue weighted by Gasteiger charge is -2.36. The van der Waals surface area contributed by atoms with Gasteiger partial charge in [0.05, 0.1) is 5.56 Å². The Balaban J connectivity index is 2.24. The lowest BCUT2D eigenvalue weighted by atomic mass is 9.96. The first-order valence-electron chi connectivity index (χ1n) is 8.53. The highest BCUT2D eigenvalue weighted by atomic mass is 28.4. The molecule has 0 spiro atoms. The predicted molar refractivity (Wildman–Crippen MR) is 103 cm³/mol. The minimum atomic E-state index is -1.79. The Bertz CT molecular complexity index is 751. The van der Waals surface area contributed by atoms with Gasteiger partial charge in [-0.05, 0) is 41.7 Å². The van der Waals surface area contributed by atoms with Crippen LogP contribution in [0, 0.1) is 0 Å². The van der Waals surface area contributed by atoms with Gasteiger partial charge in [0.15, 0.2) is 8.32 Å². The minimum Gasteiger partial charge on any atom is -0.478 e. The van der Waals surface area contributed by atoms with E-state index in [0.717, 1.165) is 17.5 Å². The molecule has 2 aromatic rings. The number of aromatic nitrogens is 1. The van der Waals surface area contributed by atoms with E-state index in [1.165, 1.54) is 6.20 Å². The average Bonchev–Trinajstić information content (AvgIpc) is 2.54. The molecule has 0 saturated carbocycles. The van der Waals surface area contributed by atoms with Crippen LogP contribution in [0.5, 0.6) is 0 Å². The quantitative estimate of drug-likeness (QED) is 0.738. The van der Waals surface area contributed by atoms with Gasteiger partial charge in [-0.15, -0.1) is 0 Å². The monoisotopic (exact) mass is 357 g/mol. The standard InChI is InChI=1S/C20H27NO3Si/c1-20(2,3)25(4,5)24-13-11-15-8-6-7-9-16(15)18-14-21-12-10-17(18)19(22)23/h6-10,12,14H,11,13H2,1-5H3,(H,22,23). The van der Waals surface area contributed by atoms with Crippen molar-refractivity contribution < 1.29 is 14.3 Å². The first-order valence-corrected chi connectivity index (χ1v) is 11.4. The summed E-state index contributed by atoms with van der Waals surface area (Å²) in [5.41, 5.74) is 2.91. The summed E-state index contributed by atoms with van der Waals surface area (Å²) in [6, 6.07) is 9.42. The third-order valence-corrected chi connectivity index (χ3v) is 9.54. The van der Waals surface area contributed by atoms with Crippen LogP contribution in [-0.4, -0.2) is 31.0 Å². The van der Waals surface area contributed by atoms with Gasteiger partial charge in [-0.3, -0.25) is 4.98 Å². The van der Waals surface area contributed by atoms with Gasteiger partial charge in [0.1, 0.15) is 0 Å². The van der Waals surface area contributed by atoms with Crippen molar-refractivity contribution in [2.24, 2.45) is 0 Å². The maximum absolute atomic E-state index is 11.5. The Kier molecular flexibility index (Phi) is 5.80. The van der Waals surface area contributed by atoms with Crippen LogP contribution in [0.25, 0.3) is 11.1 Å². The molecule has 0 bridgehead atoms. The molecule has 0 unspecified atom stereocenters. The van der Waals surface area contributed by atoms with Crippen LogP contribution in [-0.2, 0) is 10.8 Å². The van der Waals surface area contributed by atoms with E-state index in [0.29, 0.717) is 12.2 Å². The van der Waals surface area contributed by atoms with Crippen molar-refractivity contribution in [1.82, 2.24) is 4.98 Å². The molecule has 0 fully saturated rings. The zero-order chi connectivity index (χ0) is 18.7. The number of aromatic carboxylic acids is 1. The normalized spacial score (nSPS) is 12.2. The summed E-state index contributed by atoms with van der Waals surface area (Å²) in [6.45, 7) is 11.8. The second kappa shape index (κ2) is 7.50. The van der Waals surface area contributed by atoms with Gasteiger partial charge in [0, 0.05) is 24.6 Å². The molecule has 0 aliphatic carbocycles. The number of rotatable bonds is 6. The van der Waals surface area contributed by atoms with Crippen LogP contribution >= 0.6 is 0 Å². The van der Waals surface area contributed by atoms with Crippen LogP contribution in [0.2, 0.25) is 18.1 Å². The van der Waals surface area contributed by atoms with Crippen LogP contribution in [0.1, 0.15) is 36.7 Å². The topological polar surface area (TPSA) is 59.4 Å². The van der Waals surface area contributed by atoms with E-state index in [1.54, 1.807) is 12.3 Å². The number of carbonyl (C=O) groups is 1. The van der Waals surface area contributed by atoms with Crippen molar-refractivity contribution in [3.8, 4) is 11.1 Å². The number of pyridine rings is 1. The molecule has 0 atom stereocenters. The highest BCUT2D eigenvalue weighted by Crippen LogP contribution is 2.36. The number of carboxylic acid groups (broad SMARTS) is 1. The Labute approximate surface area is 151 Å². The van der Waals surface area contributed by atoms with Gasteiger partial charge in [0.25, 0.3) is 0 Å². The van der Waals surface area contributed by atoms with Gasteiger partial charge in [-0.1, -0.05) is 45.0 Å². The lowest BCUT2D eigenvalue weighted by molar-refractivity contribution is 0.0697. The van der Waals surface area contributed by atoms with Crippen molar-refractivity contribution in [1.29, 1.82) is 0 Å². The van der Waals surface area contributed by atoms with E-state index < -0.39 is 14.3 Å². The Morgan fingerprint density at radius 2 is 1.84 bits per heavy atom. The summed E-state index contributed by atoms with van der Waals surface area (Å²) in [5.74, 6) is -0.940. The van der Waals surface area contributed by atoms with Crippen molar-refractivity contribution >= 4 is 14.3 Å². The fourth-order valence-electron chi connectivity index (χ4n) is 2.43. The van der Waals surface area contributed by atoms with Crippen LogP contribution in [0.15, 0.2) is 42.7 Å². The molecule has 134 valence electrons. The number of hydrogen-bond acceptors (Lipinski definition) is 3. The highest BCUT2D eigenvalue weighted by Gasteiger charge is 2.36. The van der Waals surface area contributed by atoms with Crippen molar-refractivity contribution in [2.75, 3.05) is 6.61 Å². The second-order valence-corrected chi connectivity index (χ2v) is 12.6. The SMILES string of the molecule is CC(C)(C)[Si](C)(C)OCCc1ccccc1-c1cnccc1C(=O)O. The Morgan fingerprint density at radius 1 is 1.16 bits per heavy atom.